The monoisotopic (exact) mass is 668 g/mol. The minimum atomic E-state index is -0.342. The summed E-state index contributed by atoms with van der Waals surface area (Å²) in [5, 5.41) is 21.3. The zero-order chi connectivity index (χ0) is 29.9. The molecule has 0 fully saturated rings. The molecule has 0 unspecified atom stereocenters. The van der Waals surface area contributed by atoms with Gasteiger partial charge in [0.05, 0.1) is 29.1 Å². The number of Topliss-reactive ketones (excluding diaryl/α,β-unsaturated/α-hetero) is 2. The molecule has 0 radical (unpaired) electrons. The molecule has 0 aliphatic carbocycles. The lowest BCUT2D eigenvalue weighted by Gasteiger charge is -2.30. The van der Waals surface area contributed by atoms with Crippen LogP contribution in [0.4, 0.5) is 0 Å². The normalized spacial score (nSPS) is 14.5. The zero-order valence-electron chi connectivity index (χ0n) is 22.8. The van der Waals surface area contributed by atoms with Gasteiger partial charge >= 0.3 is 0 Å². The van der Waals surface area contributed by atoms with Gasteiger partial charge in [-0.05, 0) is 67.9 Å². The molecule has 0 amide bonds. The molecule has 4 aromatic heterocycles. The second kappa shape index (κ2) is 11.2. The van der Waals surface area contributed by atoms with Crippen LogP contribution >= 0.6 is 58.1 Å². The van der Waals surface area contributed by atoms with Gasteiger partial charge in [0, 0.05) is 32.5 Å². The zero-order valence-corrected chi connectivity index (χ0v) is 26.8. The smallest absolute Gasteiger partial charge is 0.245 e. The van der Waals surface area contributed by atoms with Gasteiger partial charge in [0.15, 0.2) is 27.5 Å². The SMILES string of the molecule is CC1(C)Cc2c(sc3c2c2nnc(SCC(=O)c4ccc(Cl)cc4)n2c2nnc(SCC(=O)c4ccc(Cl)cc4)n32)CO1. The lowest BCUT2D eigenvalue weighted by Crippen LogP contribution is -2.31. The summed E-state index contributed by atoms with van der Waals surface area (Å²) in [4.78, 5) is 28.0. The summed E-state index contributed by atoms with van der Waals surface area (Å²) < 4.78 is 9.95. The minimum Gasteiger partial charge on any atom is -0.370 e. The molecule has 0 saturated carbocycles. The maximum atomic E-state index is 13.0. The number of halogens is 2. The van der Waals surface area contributed by atoms with Crippen LogP contribution in [0.1, 0.15) is 45.0 Å². The van der Waals surface area contributed by atoms with Crippen LogP contribution < -0.4 is 0 Å². The molecule has 7 rings (SSSR count). The second-order valence-electron chi connectivity index (χ2n) is 10.6. The summed E-state index contributed by atoms with van der Waals surface area (Å²) in [5.74, 6) is 0.732. The van der Waals surface area contributed by atoms with Crippen LogP contribution in [0, 0.1) is 0 Å². The Hall–Kier alpha value is -3.00. The molecule has 6 aromatic rings. The van der Waals surface area contributed by atoms with Crippen molar-refractivity contribution in [3.8, 4) is 0 Å². The first-order chi connectivity index (χ1) is 20.7. The lowest BCUT2D eigenvalue weighted by atomic mass is 9.94. The lowest BCUT2D eigenvalue weighted by molar-refractivity contribution is -0.0379. The highest BCUT2D eigenvalue weighted by Gasteiger charge is 2.33. The van der Waals surface area contributed by atoms with E-state index in [0.717, 1.165) is 20.7 Å². The number of carbonyl (C=O) groups is 2. The Bertz CT molecular complexity index is 2050. The van der Waals surface area contributed by atoms with Gasteiger partial charge in [-0.3, -0.25) is 9.59 Å². The van der Waals surface area contributed by atoms with Crippen molar-refractivity contribution < 1.29 is 14.3 Å². The Morgan fingerprint density at radius 3 is 2.02 bits per heavy atom. The minimum absolute atomic E-state index is 0.0439. The first-order valence-electron chi connectivity index (χ1n) is 13.2. The Kier molecular flexibility index (Phi) is 7.47. The summed E-state index contributed by atoms with van der Waals surface area (Å²) in [6.45, 7) is 4.64. The molecular weight excluding hydrogens is 647 g/mol. The number of rotatable bonds is 8. The van der Waals surface area contributed by atoms with Crippen LogP contribution in [-0.2, 0) is 17.8 Å². The fourth-order valence-electron chi connectivity index (χ4n) is 5.01. The number of ether oxygens (including phenoxy) is 1. The molecule has 5 heterocycles. The predicted molar refractivity (Wildman–Crippen MR) is 170 cm³/mol. The van der Waals surface area contributed by atoms with E-state index in [1.54, 1.807) is 59.9 Å². The van der Waals surface area contributed by atoms with E-state index in [2.05, 4.69) is 34.2 Å². The number of carbonyl (C=O) groups excluding carboxylic acids is 2. The van der Waals surface area contributed by atoms with Gasteiger partial charge < -0.3 is 4.74 Å². The Balaban J connectivity index is 1.31. The van der Waals surface area contributed by atoms with Crippen LogP contribution in [-0.4, -0.2) is 57.9 Å². The Morgan fingerprint density at radius 1 is 0.860 bits per heavy atom. The van der Waals surface area contributed by atoms with E-state index in [0.29, 0.717) is 55.9 Å². The molecule has 9 nitrogen and oxygen atoms in total. The van der Waals surface area contributed by atoms with Gasteiger partial charge in [0.2, 0.25) is 5.78 Å². The first kappa shape index (κ1) is 28.8. The molecule has 14 heteroatoms. The standard InChI is InChI=1S/C29H22Cl2N6O3S3/c1-29(2)11-19-22(12-40-29)43-25-23(19)24-32-34-27(41-13-20(38)15-3-7-17(30)8-4-15)36(24)26-33-35-28(37(25)26)42-14-21(39)16-5-9-18(31)10-6-16/h3-10H,11-14H2,1-2H3. The molecular formula is C29H22Cl2N6O3S3. The van der Waals surface area contributed by atoms with Gasteiger partial charge in [-0.1, -0.05) is 46.7 Å². The summed E-state index contributed by atoms with van der Waals surface area (Å²) in [6, 6.07) is 13.7. The molecule has 1 aliphatic rings. The second-order valence-corrected chi connectivity index (χ2v) is 14.4. The number of hydrogen-bond acceptors (Lipinski definition) is 10. The van der Waals surface area contributed by atoms with Crippen LogP contribution in [0.3, 0.4) is 0 Å². The Labute approximate surface area is 267 Å². The largest absolute Gasteiger partial charge is 0.370 e. The van der Waals surface area contributed by atoms with E-state index in [-0.39, 0.29) is 28.7 Å². The number of nitrogens with zero attached hydrogens (tertiary/aromatic N) is 6. The van der Waals surface area contributed by atoms with E-state index >= 15 is 0 Å². The average Bonchev–Trinajstić information content (AvgIpc) is 3.69. The van der Waals surface area contributed by atoms with Crippen molar-refractivity contribution in [2.45, 2.75) is 42.8 Å². The van der Waals surface area contributed by atoms with Crippen LogP contribution in [0.2, 0.25) is 10.0 Å². The number of benzene rings is 2. The molecule has 0 bridgehead atoms. The first-order valence-corrected chi connectivity index (χ1v) is 16.8. The van der Waals surface area contributed by atoms with Crippen LogP contribution in [0.15, 0.2) is 58.8 Å². The van der Waals surface area contributed by atoms with Crippen LogP contribution in [0.25, 0.3) is 21.6 Å². The number of fused-ring (bicyclic) bond motifs is 8. The molecule has 218 valence electrons. The number of aromatic nitrogens is 6. The molecule has 2 aromatic carbocycles. The van der Waals surface area contributed by atoms with Crippen molar-refractivity contribution >= 4 is 91.3 Å². The van der Waals surface area contributed by atoms with Crippen LogP contribution in [0.5, 0.6) is 0 Å². The third-order valence-corrected chi connectivity index (χ3v) is 10.7. The fraction of sp³-hybridized carbons (Fsp3) is 0.241. The highest BCUT2D eigenvalue weighted by Crippen LogP contribution is 2.42. The van der Waals surface area contributed by atoms with E-state index < -0.39 is 0 Å². The molecule has 0 N–H and O–H groups in total. The van der Waals surface area contributed by atoms with Gasteiger partial charge in [0.25, 0.3) is 0 Å². The summed E-state index contributed by atoms with van der Waals surface area (Å²) in [7, 11) is 0. The maximum Gasteiger partial charge on any atom is 0.245 e. The van der Waals surface area contributed by atoms with Crippen molar-refractivity contribution in [3.05, 3.63) is 80.1 Å². The third kappa shape index (κ3) is 5.34. The number of hydrogen-bond donors (Lipinski definition) is 0. The number of ketones is 2. The number of thioether (sulfide) groups is 2. The molecule has 1 aliphatic heterocycles. The molecule has 0 atom stereocenters. The van der Waals surface area contributed by atoms with Crippen molar-refractivity contribution in [1.29, 1.82) is 0 Å². The fourth-order valence-corrected chi connectivity index (χ4v) is 8.19. The maximum absolute atomic E-state index is 13.0. The third-order valence-electron chi connectivity index (χ3n) is 7.14. The summed E-state index contributed by atoms with van der Waals surface area (Å²) >= 11 is 16.2. The van der Waals surface area contributed by atoms with Gasteiger partial charge in [0.1, 0.15) is 4.83 Å². The van der Waals surface area contributed by atoms with Gasteiger partial charge in [-0.15, -0.1) is 31.7 Å². The quantitative estimate of drug-likeness (QED) is 0.124. The van der Waals surface area contributed by atoms with E-state index in [4.69, 9.17) is 27.9 Å². The van der Waals surface area contributed by atoms with Crippen molar-refractivity contribution in [2.75, 3.05) is 11.5 Å². The summed E-state index contributed by atoms with van der Waals surface area (Å²) in [5.41, 5.74) is 2.61. The van der Waals surface area contributed by atoms with Crippen molar-refractivity contribution in [3.63, 3.8) is 0 Å². The summed E-state index contributed by atoms with van der Waals surface area (Å²) in [6.07, 6.45) is 0.702. The van der Waals surface area contributed by atoms with E-state index in [1.165, 1.54) is 23.5 Å². The highest BCUT2D eigenvalue weighted by atomic mass is 35.5. The molecule has 0 saturated heterocycles. The van der Waals surface area contributed by atoms with E-state index in [9.17, 15) is 9.59 Å². The van der Waals surface area contributed by atoms with Crippen molar-refractivity contribution in [2.24, 2.45) is 0 Å². The van der Waals surface area contributed by atoms with Gasteiger partial charge in [-0.2, -0.15) is 0 Å². The average molecular weight is 670 g/mol. The van der Waals surface area contributed by atoms with Crippen molar-refractivity contribution in [1.82, 2.24) is 29.2 Å². The topological polar surface area (TPSA) is 104 Å². The molecule has 43 heavy (non-hydrogen) atoms. The van der Waals surface area contributed by atoms with Gasteiger partial charge in [-0.25, -0.2) is 8.80 Å². The van der Waals surface area contributed by atoms with E-state index in [1.807, 2.05) is 8.80 Å². The Morgan fingerprint density at radius 2 is 1.42 bits per heavy atom. The predicted octanol–water partition coefficient (Wildman–Crippen LogP) is 7.09. The highest BCUT2D eigenvalue weighted by molar-refractivity contribution is 8.00. The number of thiophene rings is 1. The molecule has 0 spiro atoms.